The summed E-state index contributed by atoms with van der Waals surface area (Å²) in [5, 5.41) is 2.67. The van der Waals surface area contributed by atoms with Gasteiger partial charge in [0.25, 0.3) is 0 Å². The molecule has 0 aliphatic carbocycles. The molecule has 2 aromatic rings. The second-order valence-corrected chi connectivity index (χ2v) is 6.30. The predicted octanol–water partition coefficient (Wildman–Crippen LogP) is 3.51. The Morgan fingerprint density at radius 3 is 2.52 bits per heavy atom. The predicted molar refractivity (Wildman–Crippen MR) is 90.2 cm³/mol. The number of carbonyl (C=O) groups excluding carboxylic acids is 2. The Morgan fingerprint density at radius 1 is 1.15 bits per heavy atom. The molecule has 0 saturated carbocycles. The standard InChI is InChI=1S/C19H16F4N2O2/c20-15-6-4-12(5-7-15)10-24-18(27)13-8-17(26)25(11-13)16-3-1-2-14(9-16)19(21,22)23/h1-7,9,13H,8,10-11H2,(H,24,27)/t13-/m1/s1. The van der Waals surface area contributed by atoms with Crippen LogP contribution < -0.4 is 10.2 Å². The number of carbonyl (C=O) groups is 2. The molecule has 3 rings (SSSR count). The van der Waals surface area contributed by atoms with Crippen molar-refractivity contribution < 1.29 is 27.2 Å². The van der Waals surface area contributed by atoms with Gasteiger partial charge in [-0.05, 0) is 35.9 Å². The minimum Gasteiger partial charge on any atom is -0.352 e. The molecule has 0 radical (unpaired) electrons. The number of amides is 2. The minimum atomic E-state index is -4.51. The molecule has 8 heteroatoms. The fourth-order valence-corrected chi connectivity index (χ4v) is 2.92. The number of hydrogen-bond donors (Lipinski definition) is 1. The maximum absolute atomic E-state index is 12.9. The van der Waals surface area contributed by atoms with E-state index < -0.39 is 23.6 Å². The van der Waals surface area contributed by atoms with Gasteiger partial charge in [0.1, 0.15) is 5.82 Å². The number of benzene rings is 2. The Bertz CT molecular complexity index is 850. The lowest BCUT2D eigenvalue weighted by atomic mass is 10.1. The van der Waals surface area contributed by atoms with Crippen molar-refractivity contribution in [2.45, 2.75) is 19.1 Å². The molecule has 2 aromatic carbocycles. The van der Waals surface area contributed by atoms with Gasteiger partial charge in [0.05, 0.1) is 11.5 Å². The topological polar surface area (TPSA) is 49.4 Å². The second kappa shape index (κ2) is 7.38. The van der Waals surface area contributed by atoms with Gasteiger partial charge < -0.3 is 10.2 Å². The molecule has 4 nitrogen and oxygen atoms in total. The molecule has 2 amide bonds. The number of alkyl halides is 3. The van der Waals surface area contributed by atoms with Gasteiger partial charge in [0, 0.05) is 25.2 Å². The van der Waals surface area contributed by atoms with Crippen LogP contribution in [0.3, 0.4) is 0 Å². The highest BCUT2D eigenvalue weighted by molar-refractivity contribution is 6.00. The average Bonchev–Trinajstić information content (AvgIpc) is 3.02. The number of hydrogen-bond acceptors (Lipinski definition) is 2. The van der Waals surface area contributed by atoms with Gasteiger partial charge in [-0.25, -0.2) is 4.39 Å². The van der Waals surface area contributed by atoms with E-state index in [1.54, 1.807) is 0 Å². The smallest absolute Gasteiger partial charge is 0.352 e. The SMILES string of the molecule is O=C(NCc1ccc(F)cc1)[C@@H]1CC(=O)N(c2cccc(C(F)(F)F)c2)C1. The van der Waals surface area contributed by atoms with E-state index in [0.29, 0.717) is 5.56 Å². The van der Waals surface area contributed by atoms with Crippen molar-refractivity contribution in [3.05, 3.63) is 65.5 Å². The molecule has 0 unspecified atom stereocenters. The van der Waals surface area contributed by atoms with Gasteiger partial charge in [0.2, 0.25) is 11.8 Å². The molecule has 0 bridgehead atoms. The van der Waals surface area contributed by atoms with E-state index in [1.807, 2.05) is 0 Å². The summed E-state index contributed by atoms with van der Waals surface area (Å²) in [6.45, 7) is 0.183. The average molecular weight is 380 g/mol. The molecule has 1 aliphatic heterocycles. The van der Waals surface area contributed by atoms with Crippen LogP contribution in [-0.2, 0) is 22.3 Å². The summed E-state index contributed by atoms with van der Waals surface area (Å²) in [5.41, 5.74) is -0.0375. The van der Waals surface area contributed by atoms with Gasteiger partial charge in [-0.2, -0.15) is 13.2 Å². The fraction of sp³-hybridized carbons (Fsp3) is 0.263. The Morgan fingerprint density at radius 2 is 1.85 bits per heavy atom. The van der Waals surface area contributed by atoms with Gasteiger partial charge in [-0.3, -0.25) is 9.59 Å². The first-order valence-corrected chi connectivity index (χ1v) is 8.24. The van der Waals surface area contributed by atoms with Gasteiger partial charge in [-0.15, -0.1) is 0 Å². The van der Waals surface area contributed by atoms with Crippen LogP contribution in [0.25, 0.3) is 0 Å². The first-order valence-electron chi connectivity index (χ1n) is 8.24. The molecular formula is C19H16F4N2O2. The number of nitrogens with zero attached hydrogens (tertiary/aromatic N) is 1. The lowest BCUT2D eigenvalue weighted by molar-refractivity contribution is -0.137. The molecule has 1 aliphatic rings. The maximum atomic E-state index is 12.9. The van der Waals surface area contributed by atoms with E-state index >= 15 is 0 Å². The third kappa shape index (κ3) is 4.45. The molecule has 0 spiro atoms. The largest absolute Gasteiger partial charge is 0.416 e. The zero-order valence-corrected chi connectivity index (χ0v) is 14.1. The van der Waals surface area contributed by atoms with Crippen LogP contribution in [0.4, 0.5) is 23.2 Å². The zero-order valence-electron chi connectivity index (χ0n) is 14.1. The van der Waals surface area contributed by atoms with Crippen molar-refractivity contribution in [3.8, 4) is 0 Å². The number of nitrogens with one attached hydrogen (secondary N) is 1. The molecule has 1 atom stereocenters. The van der Waals surface area contributed by atoms with E-state index in [4.69, 9.17) is 0 Å². The summed E-state index contributed by atoms with van der Waals surface area (Å²) in [6.07, 6.45) is -4.59. The first-order chi connectivity index (χ1) is 12.7. The van der Waals surface area contributed by atoms with Crippen molar-refractivity contribution >= 4 is 17.5 Å². The summed E-state index contributed by atoms with van der Waals surface area (Å²) in [5.74, 6) is -1.82. The Hall–Kier alpha value is -2.90. The van der Waals surface area contributed by atoms with Crippen LogP contribution in [0, 0.1) is 11.7 Å². The normalized spacial score (nSPS) is 17.3. The number of anilines is 1. The third-order valence-electron chi connectivity index (χ3n) is 4.36. The zero-order chi connectivity index (χ0) is 19.6. The van der Waals surface area contributed by atoms with Crippen LogP contribution in [0.2, 0.25) is 0 Å². The van der Waals surface area contributed by atoms with Crippen molar-refractivity contribution in [2.24, 2.45) is 5.92 Å². The van der Waals surface area contributed by atoms with Crippen molar-refractivity contribution in [1.82, 2.24) is 5.32 Å². The molecule has 1 saturated heterocycles. The highest BCUT2D eigenvalue weighted by Crippen LogP contribution is 2.33. The quantitative estimate of drug-likeness (QED) is 0.826. The van der Waals surface area contributed by atoms with E-state index in [2.05, 4.69) is 5.32 Å². The molecule has 1 fully saturated rings. The highest BCUT2D eigenvalue weighted by Gasteiger charge is 2.36. The maximum Gasteiger partial charge on any atom is 0.416 e. The third-order valence-corrected chi connectivity index (χ3v) is 4.36. The molecule has 27 heavy (non-hydrogen) atoms. The summed E-state index contributed by atoms with van der Waals surface area (Å²) < 4.78 is 51.4. The number of halogens is 4. The fourth-order valence-electron chi connectivity index (χ4n) is 2.92. The summed E-state index contributed by atoms with van der Waals surface area (Å²) in [7, 11) is 0. The Kier molecular flexibility index (Phi) is 5.16. The van der Waals surface area contributed by atoms with Gasteiger partial charge in [-0.1, -0.05) is 18.2 Å². The van der Waals surface area contributed by atoms with Crippen molar-refractivity contribution in [1.29, 1.82) is 0 Å². The molecule has 142 valence electrons. The van der Waals surface area contributed by atoms with E-state index in [0.717, 1.165) is 12.1 Å². The number of rotatable bonds is 4. The molecular weight excluding hydrogens is 364 g/mol. The monoisotopic (exact) mass is 380 g/mol. The van der Waals surface area contributed by atoms with E-state index in [1.165, 1.54) is 41.3 Å². The molecule has 1 heterocycles. The Balaban J connectivity index is 1.64. The van der Waals surface area contributed by atoms with E-state index in [-0.39, 0.29) is 36.9 Å². The van der Waals surface area contributed by atoms with Crippen molar-refractivity contribution in [3.63, 3.8) is 0 Å². The van der Waals surface area contributed by atoms with E-state index in [9.17, 15) is 27.2 Å². The van der Waals surface area contributed by atoms with Crippen LogP contribution in [0.5, 0.6) is 0 Å². The van der Waals surface area contributed by atoms with Crippen LogP contribution in [0.1, 0.15) is 17.5 Å². The second-order valence-electron chi connectivity index (χ2n) is 6.30. The van der Waals surface area contributed by atoms with Gasteiger partial charge >= 0.3 is 6.18 Å². The summed E-state index contributed by atoms with van der Waals surface area (Å²) in [6, 6.07) is 10.1. The first kappa shape index (κ1) is 18.9. The van der Waals surface area contributed by atoms with Crippen LogP contribution in [-0.4, -0.2) is 18.4 Å². The lowest BCUT2D eigenvalue weighted by Crippen LogP contribution is -2.32. The summed E-state index contributed by atoms with van der Waals surface area (Å²) >= 11 is 0. The Labute approximate surface area is 152 Å². The van der Waals surface area contributed by atoms with Gasteiger partial charge in [0.15, 0.2) is 0 Å². The molecule has 0 aromatic heterocycles. The highest BCUT2D eigenvalue weighted by atomic mass is 19.4. The van der Waals surface area contributed by atoms with Crippen molar-refractivity contribution in [2.75, 3.05) is 11.4 Å². The van der Waals surface area contributed by atoms with Crippen LogP contribution in [0.15, 0.2) is 48.5 Å². The summed E-state index contributed by atoms with van der Waals surface area (Å²) in [4.78, 5) is 25.7. The lowest BCUT2D eigenvalue weighted by Gasteiger charge is -2.18. The minimum absolute atomic E-state index is 0.00932. The van der Waals surface area contributed by atoms with Crippen LogP contribution >= 0.6 is 0 Å². The molecule has 1 N–H and O–H groups in total.